The molecule has 2 heterocycles. The minimum Gasteiger partial charge on any atom is -0.330 e. The molecule has 0 aliphatic rings. The molecular formula is C14H19N5OS. The number of carbonyl (C=O) groups excluding carboxylic acids is 1. The maximum absolute atomic E-state index is 11.8. The Bertz CT molecular complexity index is 558. The number of carbonyl (C=O) groups is 1. The molecule has 7 heteroatoms. The predicted molar refractivity (Wildman–Crippen MR) is 83.9 cm³/mol. The average molecular weight is 305 g/mol. The fraction of sp³-hybridized carbons (Fsp3) is 0.429. The van der Waals surface area contributed by atoms with E-state index in [4.69, 9.17) is 5.73 Å². The molecule has 0 spiro atoms. The number of nitrogens with one attached hydrogen (secondary N) is 1. The molecule has 112 valence electrons. The summed E-state index contributed by atoms with van der Waals surface area (Å²) in [5, 5.41) is 12.0. The van der Waals surface area contributed by atoms with E-state index < -0.39 is 0 Å². The van der Waals surface area contributed by atoms with E-state index in [0.29, 0.717) is 23.1 Å². The summed E-state index contributed by atoms with van der Waals surface area (Å²) in [4.78, 5) is 16.0. The van der Waals surface area contributed by atoms with Gasteiger partial charge < -0.3 is 11.1 Å². The molecule has 0 radical (unpaired) electrons. The number of hydrogen-bond acceptors (Lipinski definition) is 6. The Kier molecular flexibility index (Phi) is 6.23. The van der Waals surface area contributed by atoms with Crippen molar-refractivity contribution in [2.24, 2.45) is 5.73 Å². The second-order valence-electron chi connectivity index (χ2n) is 4.63. The van der Waals surface area contributed by atoms with Crippen LogP contribution in [0, 0.1) is 0 Å². The summed E-state index contributed by atoms with van der Waals surface area (Å²) in [5.41, 5.74) is 6.19. The molecule has 21 heavy (non-hydrogen) atoms. The highest BCUT2D eigenvalue weighted by molar-refractivity contribution is 7.18. The van der Waals surface area contributed by atoms with Crippen molar-refractivity contribution >= 4 is 22.4 Å². The van der Waals surface area contributed by atoms with Crippen LogP contribution >= 0.6 is 11.3 Å². The highest BCUT2D eigenvalue weighted by Gasteiger charge is 2.09. The fourth-order valence-corrected chi connectivity index (χ4v) is 2.57. The summed E-state index contributed by atoms with van der Waals surface area (Å²) in [6.45, 7) is 0.716. The smallest absolute Gasteiger partial charge is 0.226 e. The number of nitrogens with zero attached hydrogens (tertiary/aromatic N) is 3. The van der Waals surface area contributed by atoms with Crippen molar-refractivity contribution in [1.29, 1.82) is 0 Å². The maximum Gasteiger partial charge on any atom is 0.226 e. The van der Waals surface area contributed by atoms with E-state index >= 15 is 0 Å². The van der Waals surface area contributed by atoms with E-state index in [1.165, 1.54) is 11.3 Å². The second kappa shape index (κ2) is 8.43. The lowest BCUT2D eigenvalue weighted by Crippen LogP contribution is -2.10. The highest BCUT2D eigenvalue weighted by Crippen LogP contribution is 2.24. The number of aromatic nitrogens is 3. The zero-order valence-corrected chi connectivity index (χ0v) is 12.6. The molecule has 2 rings (SSSR count). The molecule has 3 N–H and O–H groups in total. The molecule has 2 aromatic heterocycles. The normalized spacial score (nSPS) is 10.5. The SMILES string of the molecule is NCCCCCCC(=O)Nc1nnc(-c2ccccn2)s1. The molecular weight excluding hydrogens is 286 g/mol. The van der Waals surface area contributed by atoms with Gasteiger partial charge in [0.1, 0.15) is 5.69 Å². The van der Waals surface area contributed by atoms with Crippen molar-refractivity contribution in [3.8, 4) is 10.7 Å². The average Bonchev–Trinajstić information content (AvgIpc) is 2.96. The number of anilines is 1. The highest BCUT2D eigenvalue weighted by atomic mass is 32.1. The van der Waals surface area contributed by atoms with Crippen molar-refractivity contribution in [1.82, 2.24) is 15.2 Å². The van der Waals surface area contributed by atoms with Crippen LogP contribution in [0.15, 0.2) is 24.4 Å². The van der Waals surface area contributed by atoms with Crippen molar-refractivity contribution in [2.75, 3.05) is 11.9 Å². The maximum atomic E-state index is 11.8. The number of amides is 1. The molecule has 0 saturated carbocycles. The van der Waals surface area contributed by atoms with Gasteiger partial charge in [0.05, 0.1) is 0 Å². The first kappa shape index (κ1) is 15.5. The van der Waals surface area contributed by atoms with Gasteiger partial charge in [-0.05, 0) is 31.5 Å². The summed E-state index contributed by atoms with van der Waals surface area (Å²) in [5.74, 6) is -0.0218. The first-order valence-electron chi connectivity index (χ1n) is 7.04. The van der Waals surface area contributed by atoms with Gasteiger partial charge in [-0.25, -0.2) is 0 Å². The molecule has 0 aliphatic carbocycles. The first-order chi connectivity index (χ1) is 10.3. The summed E-state index contributed by atoms with van der Waals surface area (Å²) >= 11 is 1.33. The third kappa shape index (κ3) is 5.20. The Labute approximate surface area is 127 Å². The summed E-state index contributed by atoms with van der Waals surface area (Å²) < 4.78 is 0. The third-order valence-electron chi connectivity index (χ3n) is 2.91. The van der Waals surface area contributed by atoms with Crippen molar-refractivity contribution in [3.05, 3.63) is 24.4 Å². The van der Waals surface area contributed by atoms with Gasteiger partial charge in [0.15, 0.2) is 5.01 Å². The second-order valence-corrected chi connectivity index (χ2v) is 5.61. The van der Waals surface area contributed by atoms with Crippen LogP contribution in [0.3, 0.4) is 0 Å². The molecule has 0 unspecified atom stereocenters. The molecule has 0 atom stereocenters. The lowest BCUT2D eigenvalue weighted by Gasteiger charge is -2.01. The van der Waals surface area contributed by atoms with Crippen molar-refractivity contribution in [2.45, 2.75) is 32.1 Å². The Balaban J connectivity index is 1.78. The van der Waals surface area contributed by atoms with Gasteiger partial charge in [0.25, 0.3) is 0 Å². The minimum absolute atomic E-state index is 0.0218. The van der Waals surface area contributed by atoms with Gasteiger partial charge in [-0.1, -0.05) is 30.2 Å². The van der Waals surface area contributed by atoms with Crippen LogP contribution in [0.1, 0.15) is 32.1 Å². The number of unbranched alkanes of at least 4 members (excludes halogenated alkanes) is 3. The summed E-state index contributed by atoms with van der Waals surface area (Å²) in [7, 11) is 0. The van der Waals surface area contributed by atoms with Crippen LogP contribution in [0.5, 0.6) is 0 Å². The van der Waals surface area contributed by atoms with E-state index in [2.05, 4.69) is 20.5 Å². The number of hydrogen-bond donors (Lipinski definition) is 2. The third-order valence-corrected chi connectivity index (χ3v) is 3.77. The monoisotopic (exact) mass is 305 g/mol. The van der Waals surface area contributed by atoms with Crippen molar-refractivity contribution in [3.63, 3.8) is 0 Å². The lowest BCUT2D eigenvalue weighted by atomic mass is 10.1. The van der Waals surface area contributed by atoms with Gasteiger partial charge in [-0.15, -0.1) is 10.2 Å². The van der Waals surface area contributed by atoms with E-state index in [1.807, 2.05) is 18.2 Å². The molecule has 0 saturated heterocycles. The van der Waals surface area contributed by atoms with Crippen LogP contribution in [-0.2, 0) is 4.79 Å². The van der Waals surface area contributed by atoms with Crippen LogP contribution in [-0.4, -0.2) is 27.6 Å². The first-order valence-corrected chi connectivity index (χ1v) is 7.86. The van der Waals surface area contributed by atoms with E-state index in [-0.39, 0.29) is 5.91 Å². The van der Waals surface area contributed by atoms with Crippen molar-refractivity contribution < 1.29 is 4.79 Å². The van der Waals surface area contributed by atoms with Crippen LogP contribution < -0.4 is 11.1 Å². The predicted octanol–water partition coefficient (Wildman–Crippen LogP) is 2.45. The zero-order valence-electron chi connectivity index (χ0n) is 11.8. The molecule has 0 bridgehead atoms. The molecule has 2 aromatic rings. The van der Waals surface area contributed by atoms with Crippen LogP contribution in [0.25, 0.3) is 10.7 Å². The Morgan fingerprint density at radius 3 is 2.81 bits per heavy atom. The zero-order chi connectivity index (χ0) is 14.9. The molecule has 0 aliphatic heterocycles. The number of nitrogens with two attached hydrogens (primary N) is 1. The minimum atomic E-state index is -0.0218. The topological polar surface area (TPSA) is 93.8 Å². The molecule has 6 nitrogen and oxygen atoms in total. The van der Waals surface area contributed by atoms with Crippen LogP contribution in [0.4, 0.5) is 5.13 Å². The number of rotatable bonds is 8. The van der Waals surface area contributed by atoms with E-state index in [1.54, 1.807) is 6.20 Å². The Hall–Kier alpha value is -1.86. The Morgan fingerprint density at radius 1 is 1.19 bits per heavy atom. The standard InChI is InChI=1S/C14H19N5OS/c15-9-5-2-1-3-8-12(20)17-14-19-18-13(21-14)11-7-4-6-10-16-11/h4,6-7,10H,1-3,5,8-9,15H2,(H,17,19,20). The molecule has 0 aromatic carbocycles. The van der Waals surface area contributed by atoms with E-state index in [9.17, 15) is 4.79 Å². The molecule has 0 fully saturated rings. The summed E-state index contributed by atoms with van der Waals surface area (Å²) in [6.07, 6.45) is 6.20. The Morgan fingerprint density at radius 2 is 2.05 bits per heavy atom. The summed E-state index contributed by atoms with van der Waals surface area (Å²) in [6, 6.07) is 5.60. The van der Waals surface area contributed by atoms with Gasteiger partial charge >= 0.3 is 0 Å². The fourth-order valence-electron chi connectivity index (χ4n) is 1.83. The number of pyridine rings is 1. The van der Waals surface area contributed by atoms with Gasteiger partial charge in [0, 0.05) is 12.6 Å². The largest absolute Gasteiger partial charge is 0.330 e. The van der Waals surface area contributed by atoms with Gasteiger partial charge in [0.2, 0.25) is 11.0 Å². The van der Waals surface area contributed by atoms with Gasteiger partial charge in [-0.3, -0.25) is 9.78 Å². The van der Waals surface area contributed by atoms with E-state index in [0.717, 1.165) is 31.4 Å². The quantitative estimate of drug-likeness (QED) is 0.731. The van der Waals surface area contributed by atoms with Crippen LogP contribution in [0.2, 0.25) is 0 Å². The molecule has 1 amide bonds. The lowest BCUT2D eigenvalue weighted by molar-refractivity contribution is -0.116. The van der Waals surface area contributed by atoms with Gasteiger partial charge in [-0.2, -0.15) is 0 Å².